The van der Waals surface area contributed by atoms with Gasteiger partial charge in [0.25, 0.3) is 5.91 Å². The summed E-state index contributed by atoms with van der Waals surface area (Å²) in [6.07, 6.45) is 1.51. The smallest absolute Gasteiger partial charge is 0.273 e. The largest absolute Gasteiger partial charge is 0.461 e. The number of hydrogen-bond acceptors (Lipinski definition) is 6. The van der Waals surface area contributed by atoms with E-state index < -0.39 is 0 Å². The number of carbonyl (C=O) groups excluding carboxylic acids is 1. The van der Waals surface area contributed by atoms with Crippen molar-refractivity contribution in [3.8, 4) is 22.1 Å². The van der Waals surface area contributed by atoms with Crippen LogP contribution in [0, 0.1) is 12.7 Å². The molecule has 136 valence electrons. The molecule has 1 aromatic carbocycles. The van der Waals surface area contributed by atoms with E-state index in [4.69, 9.17) is 8.94 Å². The van der Waals surface area contributed by atoms with Gasteiger partial charge in [0, 0.05) is 16.5 Å². The zero-order chi connectivity index (χ0) is 18.8. The molecule has 27 heavy (non-hydrogen) atoms. The number of thiazole rings is 1. The first-order valence-electron chi connectivity index (χ1n) is 8.12. The molecule has 0 atom stereocenters. The van der Waals surface area contributed by atoms with E-state index in [9.17, 15) is 9.18 Å². The quantitative estimate of drug-likeness (QED) is 0.551. The second kappa shape index (κ2) is 7.16. The lowest BCUT2D eigenvalue weighted by Crippen LogP contribution is -2.22. The molecule has 0 fully saturated rings. The third-order valence-electron chi connectivity index (χ3n) is 3.91. The number of amides is 1. The topological polar surface area (TPSA) is 81.2 Å². The SMILES string of the molecule is Cc1nc(-c2ccccc2F)sc1CNC(=O)c1cc(-c2ccco2)on1. The number of nitrogens with zero attached hydrogens (tertiary/aromatic N) is 2. The van der Waals surface area contributed by atoms with Gasteiger partial charge in [0.05, 0.1) is 18.5 Å². The van der Waals surface area contributed by atoms with Gasteiger partial charge in [-0.25, -0.2) is 9.37 Å². The van der Waals surface area contributed by atoms with E-state index in [0.29, 0.717) is 22.1 Å². The number of aryl methyl sites for hydroxylation is 1. The molecule has 0 spiro atoms. The van der Waals surface area contributed by atoms with Crippen molar-refractivity contribution in [1.82, 2.24) is 15.5 Å². The minimum Gasteiger partial charge on any atom is -0.461 e. The van der Waals surface area contributed by atoms with Crippen molar-refractivity contribution in [3.63, 3.8) is 0 Å². The molecule has 0 radical (unpaired) electrons. The maximum atomic E-state index is 13.9. The first kappa shape index (κ1) is 17.2. The average Bonchev–Trinajstić information content (AvgIpc) is 3.40. The third-order valence-corrected chi connectivity index (χ3v) is 5.10. The molecule has 3 aromatic heterocycles. The number of furan rings is 1. The molecule has 0 saturated carbocycles. The fraction of sp³-hybridized carbons (Fsp3) is 0.105. The Morgan fingerprint density at radius 3 is 2.85 bits per heavy atom. The van der Waals surface area contributed by atoms with Crippen LogP contribution in [0.2, 0.25) is 0 Å². The van der Waals surface area contributed by atoms with Gasteiger partial charge in [0.1, 0.15) is 10.8 Å². The molecule has 4 rings (SSSR count). The van der Waals surface area contributed by atoms with E-state index >= 15 is 0 Å². The molecule has 1 amide bonds. The van der Waals surface area contributed by atoms with Gasteiger partial charge in [0.15, 0.2) is 11.5 Å². The summed E-state index contributed by atoms with van der Waals surface area (Å²) in [6, 6.07) is 11.4. The number of carbonyl (C=O) groups is 1. The fourth-order valence-corrected chi connectivity index (χ4v) is 3.54. The van der Waals surface area contributed by atoms with Crippen LogP contribution in [-0.2, 0) is 6.54 Å². The van der Waals surface area contributed by atoms with Crippen LogP contribution in [0.5, 0.6) is 0 Å². The van der Waals surface area contributed by atoms with E-state index in [2.05, 4.69) is 15.5 Å². The maximum absolute atomic E-state index is 13.9. The van der Waals surface area contributed by atoms with E-state index in [1.54, 1.807) is 30.3 Å². The van der Waals surface area contributed by atoms with Gasteiger partial charge in [-0.2, -0.15) is 0 Å². The minimum atomic E-state index is -0.378. The fourth-order valence-electron chi connectivity index (χ4n) is 2.51. The summed E-state index contributed by atoms with van der Waals surface area (Å²) in [5, 5.41) is 7.12. The van der Waals surface area contributed by atoms with Crippen molar-refractivity contribution in [1.29, 1.82) is 0 Å². The summed E-state index contributed by atoms with van der Waals surface area (Å²) in [5.74, 6) is 0.169. The Bertz CT molecular complexity index is 1090. The zero-order valence-corrected chi connectivity index (χ0v) is 15.0. The monoisotopic (exact) mass is 383 g/mol. The summed E-state index contributed by atoms with van der Waals surface area (Å²) in [7, 11) is 0. The second-order valence-electron chi connectivity index (χ2n) is 5.74. The van der Waals surface area contributed by atoms with Crippen molar-refractivity contribution in [2.75, 3.05) is 0 Å². The van der Waals surface area contributed by atoms with Gasteiger partial charge >= 0.3 is 0 Å². The van der Waals surface area contributed by atoms with Crippen LogP contribution in [0.4, 0.5) is 4.39 Å². The van der Waals surface area contributed by atoms with Gasteiger partial charge in [-0.3, -0.25) is 4.79 Å². The van der Waals surface area contributed by atoms with Gasteiger partial charge in [-0.05, 0) is 31.2 Å². The predicted molar refractivity (Wildman–Crippen MR) is 97.6 cm³/mol. The second-order valence-corrected chi connectivity index (χ2v) is 6.83. The highest BCUT2D eigenvalue weighted by Gasteiger charge is 2.17. The highest BCUT2D eigenvalue weighted by atomic mass is 32.1. The zero-order valence-electron chi connectivity index (χ0n) is 14.2. The first-order chi connectivity index (χ1) is 13.1. The van der Waals surface area contributed by atoms with E-state index in [-0.39, 0.29) is 24.0 Å². The molecule has 6 nitrogen and oxygen atoms in total. The molecule has 3 heterocycles. The lowest BCUT2D eigenvalue weighted by Gasteiger charge is -2.00. The molecule has 4 aromatic rings. The molecular weight excluding hydrogens is 369 g/mol. The summed E-state index contributed by atoms with van der Waals surface area (Å²) in [6.45, 7) is 2.09. The Labute approximate surface area is 157 Å². The summed E-state index contributed by atoms with van der Waals surface area (Å²) < 4.78 is 24.3. The van der Waals surface area contributed by atoms with Gasteiger partial charge in [-0.1, -0.05) is 17.3 Å². The molecule has 8 heteroatoms. The van der Waals surface area contributed by atoms with Crippen molar-refractivity contribution >= 4 is 17.2 Å². The standard InChI is InChI=1S/C19H14FN3O3S/c1-11-17(27-19(22-11)12-5-2-3-6-13(12)20)10-21-18(24)14-9-16(26-23-14)15-7-4-8-25-15/h2-9H,10H2,1H3,(H,21,24). The number of rotatable bonds is 5. The Hall–Kier alpha value is -3.26. The van der Waals surface area contributed by atoms with E-state index in [0.717, 1.165) is 10.6 Å². The maximum Gasteiger partial charge on any atom is 0.273 e. The highest BCUT2D eigenvalue weighted by molar-refractivity contribution is 7.15. The Morgan fingerprint density at radius 2 is 2.07 bits per heavy atom. The van der Waals surface area contributed by atoms with Crippen molar-refractivity contribution in [2.24, 2.45) is 0 Å². The molecule has 0 unspecified atom stereocenters. The van der Waals surface area contributed by atoms with Crippen LogP contribution >= 0.6 is 11.3 Å². The summed E-state index contributed by atoms with van der Waals surface area (Å²) in [5.41, 5.74) is 1.34. The number of nitrogens with one attached hydrogen (secondary N) is 1. The van der Waals surface area contributed by atoms with Crippen molar-refractivity contribution < 1.29 is 18.1 Å². The Kier molecular flexibility index (Phi) is 4.55. The average molecular weight is 383 g/mol. The molecule has 0 aliphatic heterocycles. The van der Waals surface area contributed by atoms with Crippen LogP contribution < -0.4 is 5.32 Å². The predicted octanol–water partition coefficient (Wildman–Crippen LogP) is 4.44. The van der Waals surface area contributed by atoms with E-state index in [1.807, 2.05) is 6.92 Å². The van der Waals surface area contributed by atoms with Crippen LogP contribution in [0.25, 0.3) is 22.1 Å². The molecule has 0 saturated heterocycles. The van der Waals surface area contributed by atoms with Crippen LogP contribution in [-0.4, -0.2) is 16.0 Å². The first-order valence-corrected chi connectivity index (χ1v) is 8.93. The van der Waals surface area contributed by atoms with Crippen LogP contribution in [0.3, 0.4) is 0 Å². The normalized spacial score (nSPS) is 10.9. The molecular formula is C19H14FN3O3S. The Balaban J connectivity index is 1.46. The lowest BCUT2D eigenvalue weighted by molar-refractivity contribution is 0.0942. The van der Waals surface area contributed by atoms with Crippen molar-refractivity contribution in [2.45, 2.75) is 13.5 Å². The minimum absolute atomic E-state index is 0.151. The van der Waals surface area contributed by atoms with Crippen molar-refractivity contribution in [3.05, 3.63) is 70.8 Å². The van der Waals surface area contributed by atoms with Gasteiger partial charge in [0.2, 0.25) is 5.76 Å². The lowest BCUT2D eigenvalue weighted by atomic mass is 10.2. The van der Waals surface area contributed by atoms with Crippen LogP contribution in [0.15, 0.2) is 57.7 Å². The molecule has 1 N–H and O–H groups in total. The Morgan fingerprint density at radius 1 is 1.22 bits per heavy atom. The molecule has 0 aliphatic rings. The van der Waals surface area contributed by atoms with Gasteiger partial charge < -0.3 is 14.3 Å². The number of benzene rings is 1. The summed E-state index contributed by atoms with van der Waals surface area (Å²) in [4.78, 5) is 17.6. The molecule has 0 bridgehead atoms. The number of halogens is 1. The van der Waals surface area contributed by atoms with E-state index in [1.165, 1.54) is 29.7 Å². The third kappa shape index (κ3) is 3.52. The van der Waals surface area contributed by atoms with Crippen LogP contribution in [0.1, 0.15) is 21.1 Å². The number of aromatic nitrogens is 2. The highest BCUT2D eigenvalue weighted by Crippen LogP contribution is 2.29. The molecule has 0 aliphatic carbocycles. The van der Waals surface area contributed by atoms with Gasteiger partial charge in [-0.15, -0.1) is 11.3 Å². The summed E-state index contributed by atoms with van der Waals surface area (Å²) >= 11 is 1.34. The number of hydrogen-bond donors (Lipinski definition) is 1.